The molecule has 0 aliphatic rings. The molecule has 9 heteroatoms. The summed E-state index contributed by atoms with van der Waals surface area (Å²) in [6, 6.07) is 6.69. The summed E-state index contributed by atoms with van der Waals surface area (Å²) in [5, 5.41) is 8.95. The molecule has 112 valence electrons. The van der Waals surface area contributed by atoms with Crippen LogP contribution in [-0.2, 0) is 10.0 Å². The highest BCUT2D eigenvalue weighted by atomic mass is 79.9. The van der Waals surface area contributed by atoms with Crippen molar-refractivity contribution >= 4 is 43.3 Å². The number of carboxylic acids is 1. The lowest BCUT2D eigenvalue weighted by molar-refractivity contribution is 0.0687. The van der Waals surface area contributed by atoms with E-state index in [0.29, 0.717) is 0 Å². The van der Waals surface area contributed by atoms with Crippen LogP contribution in [0.25, 0.3) is 0 Å². The Morgan fingerprint density at radius 3 is 2.81 bits per heavy atom. The number of rotatable bonds is 5. The molecule has 21 heavy (non-hydrogen) atoms. The molecule has 0 unspecified atom stereocenters. The molecular weight excluding hydrogens is 380 g/mol. The number of hydrogen-bond donors (Lipinski definition) is 2. The quantitative estimate of drug-likeness (QED) is 0.817. The fraction of sp³-hybridized carbons (Fsp3) is 0.167. The Morgan fingerprint density at radius 2 is 2.19 bits per heavy atom. The number of halogens is 1. The fourth-order valence-corrected chi connectivity index (χ4v) is 4.50. The predicted molar refractivity (Wildman–Crippen MR) is 82.0 cm³/mol. The molecule has 0 amide bonds. The molecule has 0 fully saturated rings. The summed E-state index contributed by atoms with van der Waals surface area (Å²) < 4.78 is 27.5. The Bertz CT molecular complexity index is 773. The van der Waals surface area contributed by atoms with Crippen LogP contribution in [0, 0.1) is 0 Å². The Morgan fingerprint density at radius 1 is 1.48 bits per heavy atom. The third kappa shape index (κ3) is 3.67. The number of nitrogens with one attached hydrogen (secondary N) is 1. The summed E-state index contributed by atoms with van der Waals surface area (Å²) in [6.45, 7) is 1.68. The van der Waals surface area contributed by atoms with Crippen LogP contribution in [0.5, 0.6) is 0 Å². The molecular formula is C12H11BrN2O4S2. The Kier molecular flexibility index (Phi) is 4.77. The number of thiazole rings is 1. The second kappa shape index (κ2) is 6.22. The third-order valence-electron chi connectivity index (χ3n) is 2.66. The summed E-state index contributed by atoms with van der Waals surface area (Å²) in [5.74, 6) is -1.37. The first-order chi connectivity index (χ1) is 9.81. The molecule has 0 spiro atoms. The van der Waals surface area contributed by atoms with Gasteiger partial charge in [0.15, 0.2) is 9.90 Å². The number of sulfonamides is 1. The minimum Gasteiger partial charge on any atom is -0.476 e. The standard InChI is InChI=1S/C12H11BrN2O4S2/c1-7(8-3-2-4-9(13)5-8)15-21(18,19)12-10(11(16)17)14-6-20-12/h2-7,15H,1H3,(H,16,17)/t7-/m1/s1. The van der Waals surface area contributed by atoms with Gasteiger partial charge in [-0.05, 0) is 24.6 Å². The topological polar surface area (TPSA) is 96.4 Å². The summed E-state index contributed by atoms with van der Waals surface area (Å²) in [6.07, 6.45) is 0. The van der Waals surface area contributed by atoms with Gasteiger partial charge in [0.1, 0.15) is 0 Å². The van der Waals surface area contributed by atoms with Crippen LogP contribution < -0.4 is 4.72 Å². The van der Waals surface area contributed by atoms with Gasteiger partial charge in [-0.3, -0.25) is 0 Å². The number of aromatic carboxylic acids is 1. The second-order valence-corrected chi connectivity index (χ2v) is 7.87. The van der Waals surface area contributed by atoms with Crippen LogP contribution in [0.15, 0.2) is 38.5 Å². The molecule has 1 aromatic carbocycles. The maximum absolute atomic E-state index is 12.3. The maximum Gasteiger partial charge on any atom is 0.356 e. The number of aromatic nitrogens is 1. The van der Waals surface area contributed by atoms with Gasteiger partial charge >= 0.3 is 5.97 Å². The van der Waals surface area contributed by atoms with E-state index in [1.54, 1.807) is 25.1 Å². The van der Waals surface area contributed by atoms with Gasteiger partial charge in [-0.1, -0.05) is 28.1 Å². The highest BCUT2D eigenvalue weighted by Crippen LogP contribution is 2.24. The van der Waals surface area contributed by atoms with Crippen molar-refractivity contribution in [2.75, 3.05) is 0 Å². The van der Waals surface area contributed by atoms with Crippen LogP contribution in [0.2, 0.25) is 0 Å². The molecule has 1 aromatic heterocycles. The molecule has 6 nitrogen and oxygen atoms in total. The number of carboxylic acid groups (broad SMARTS) is 1. The Hall–Kier alpha value is -1.29. The molecule has 2 aromatic rings. The summed E-state index contributed by atoms with van der Waals surface area (Å²) in [5.41, 5.74) is 1.49. The van der Waals surface area contributed by atoms with Gasteiger partial charge in [0, 0.05) is 10.5 Å². The van der Waals surface area contributed by atoms with E-state index in [9.17, 15) is 13.2 Å². The average molecular weight is 391 g/mol. The molecule has 1 atom stereocenters. The lowest BCUT2D eigenvalue weighted by Gasteiger charge is -2.14. The molecule has 0 saturated carbocycles. The average Bonchev–Trinajstić information content (AvgIpc) is 2.88. The van der Waals surface area contributed by atoms with Crippen molar-refractivity contribution in [3.8, 4) is 0 Å². The summed E-state index contributed by atoms with van der Waals surface area (Å²) >= 11 is 4.09. The zero-order valence-electron chi connectivity index (χ0n) is 10.8. The fourth-order valence-electron chi connectivity index (χ4n) is 1.70. The van der Waals surface area contributed by atoms with E-state index < -0.39 is 27.7 Å². The van der Waals surface area contributed by atoms with Crippen molar-refractivity contribution < 1.29 is 18.3 Å². The van der Waals surface area contributed by atoms with E-state index >= 15 is 0 Å². The molecule has 0 bridgehead atoms. The van der Waals surface area contributed by atoms with Crippen LogP contribution in [0.1, 0.15) is 29.0 Å². The van der Waals surface area contributed by atoms with Crippen molar-refractivity contribution in [2.45, 2.75) is 17.2 Å². The van der Waals surface area contributed by atoms with Crippen molar-refractivity contribution in [1.29, 1.82) is 0 Å². The first-order valence-electron chi connectivity index (χ1n) is 5.76. The highest BCUT2D eigenvalue weighted by molar-refractivity contribution is 9.10. The van der Waals surface area contributed by atoms with E-state index in [1.165, 1.54) is 5.51 Å². The Labute approximate surface area is 134 Å². The van der Waals surface area contributed by atoms with Gasteiger partial charge in [-0.15, -0.1) is 11.3 Å². The monoisotopic (exact) mass is 390 g/mol. The van der Waals surface area contributed by atoms with Gasteiger partial charge in [-0.25, -0.2) is 22.9 Å². The zero-order chi connectivity index (χ0) is 15.6. The molecule has 0 aliphatic heterocycles. The van der Waals surface area contributed by atoms with E-state index in [0.717, 1.165) is 21.4 Å². The Balaban J connectivity index is 2.29. The lowest BCUT2D eigenvalue weighted by atomic mass is 10.1. The largest absolute Gasteiger partial charge is 0.476 e. The summed E-state index contributed by atoms with van der Waals surface area (Å²) in [7, 11) is -3.94. The van der Waals surface area contributed by atoms with Gasteiger partial charge in [0.05, 0.1) is 5.51 Å². The molecule has 2 rings (SSSR count). The first kappa shape index (κ1) is 16.1. The van der Waals surface area contributed by atoms with E-state index in [4.69, 9.17) is 5.11 Å². The van der Waals surface area contributed by atoms with Crippen molar-refractivity contribution in [3.63, 3.8) is 0 Å². The van der Waals surface area contributed by atoms with Crippen molar-refractivity contribution in [3.05, 3.63) is 45.5 Å². The van der Waals surface area contributed by atoms with Crippen molar-refractivity contribution in [1.82, 2.24) is 9.71 Å². The van der Waals surface area contributed by atoms with Gasteiger partial charge in [0.2, 0.25) is 0 Å². The zero-order valence-corrected chi connectivity index (χ0v) is 14.0. The second-order valence-electron chi connectivity index (χ2n) is 4.19. The number of benzene rings is 1. The number of hydrogen-bond acceptors (Lipinski definition) is 5. The lowest BCUT2D eigenvalue weighted by Crippen LogP contribution is -2.27. The van der Waals surface area contributed by atoms with Gasteiger partial charge in [0.25, 0.3) is 10.0 Å². The van der Waals surface area contributed by atoms with E-state index in [1.807, 2.05) is 6.07 Å². The van der Waals surface area contributed by atoms with Crippen LogP contribution in [0.4, 0.5) is 0 Å². The first-order valence-corrected chi connectivity index (χ1v) is 8.91. The predicted octanol–water partition coefficient (Wildman–Crippen LogP) is 2.64. The normalized spacial score (nSPS) is 13.0. The van der Waals surface area contributed by atoms with Crippen LogP contribution in [-0.4, -0.2) is 24.5 Å². The smallest absolute Gasteiger partial charge is 0.356 e. The minimum absolute atomic E-state index is 0.295. The molecule has 0 radical (unpaired) electrons. The molecule has 0 saturated heterocycles. The molecule has 0 aliphatic carbocycles. The van der Waals surface area contributed by atoms with Gasteiger partial charge < -0.3 is 5.11 Å². The highest BCUT2D eigenvalue weighted by Gasteiger charge is 2.27. The number of carbonyl (C=O) groups is 1. The maximum atomic E-state index is 12.3. The van der Waals surface area contributed by atoms with Crippen LogP contribution >= 0.6 is 27.3 Å². The molecule has 2 N–H and O–H groups in total. The molecule has 1 heterocycles. The van der Waals surface area contributed by atoms with E-state index in [-0.39, 0.29) is 4.21 Å². The minimum atomic E-state index is -3.94. The van der Waals surface area contributed by atoms with Crippen molar-refractivity contribution in [2.24, 2.45) is 0 Å². The van der Waals surface area contributed by atoms with E-state index in [2.05, 4.69) is 25.6 Å². The SMILES string of the molecule is C[C@@H](NS(=O)(=O)c1scnc1C(=O)O)c1cccc(Br)c1. The van der Waals surface area contributed by atoms with Crippen LogP contribution in [0.3, 0.4) is 0 Å². The summed E-state index contributed by atoms with van der Waals surface area (Å²) in [4.78, 5) is 14.5. The number of nitrogens with zero attached hydrogens (tertiary/aromatic N) is 1. The van der Waals surface area contributed by atoms with Gasteiger partial charge in [-0.2, -0.15) is 0 Å². The third-order valence-corrected chi connectivity index (χ3v) is 6.07.